The largest absolute Gasteiger partial charge is 0.506 e. The van der Waals surface area contributed by atoms with E-state index in [1.165, 1.54) is 11.3 Å². The van der Waals surface area contributed by atoms with Gasteiger partial charge in [0.15, 0.2) is 11.0 Å². The zero-order valence-corrected chi connectivity index (χ0v) is 17.8. The maximum atomic E-state index is 13.8. The van der Waals surface area contributed by atoms with E-state index in [0.717, 1.165) is 17.8 Å². The Morgan fingerprint density at radius 3 is 2.70 bits per heavy atom. The van der Waals surface area contributed by atoms with Crippen LogP contribution < -0.4 is 0 Å². The molecule has 10 heteroatoms. The Morgan fingerprint density at radius 1 is 1.27 bits per heavy atom. The molecule has 2 aromatic heterocycles. The zero-order valence-electron chi connectivity index (χ0n) is 15.5. The Bertz CT molecular complexity index is 1130. The molecule has 0 radical (unpaired) electrons. The van der Waals surface area contributed by atoms with E-state index >= 15 is 0 Å². The quantitative estimate of drug-likeness (QED) is 0.161. The van der Waals surface area contributed by atoms with E-state index in [9.17, 15) is 14.3 Å². The predicted molar refractivity (Wildman–Crippen MR) is 116 cm³/mol. The van der Waals surface area contributed by atoms with Crippen molar-refractivity contribution in [3.05, 3.63) is 69.0 Å². The number of esters is 1. The number of nitrogens with zero attached hydrogens (tertiary/aromatic N) is 3. The predicted octanol–water partition coefficient (Wildman–Crippen LogP) is 5.89. The van der Waals surface area contributed by atoms with Crippen LogP contribution in [0.4, 0.5) is 9.52 Å². The highest BCUT2D eigenvalue weighted by Gasteiger charge is 2.21. The lowest BCUT2D eigenvalue weighted by Gasteiger charge is -2.08. The van der Waals surface area contributed by atoms with Gasteiger partial charge in [0.2, 0.25) is 5.13 Å². The molecule has 0 saturated heterocycles. The van der Waals surface area contributed by atoms with E-state index in [1.54, 1.807) is 6.92 Å². The number of pyridine rings is 1. The summed E-state index contributed by atoms with van der Waals surface area (Å²) in [4.78, 5) is 24.5. The fraction of sp³-hybridized carbons (Fsp3) is 0.100. The van der Waals surface area contributed by atoms with Crippen molar-refractivity contribution in [1.29, 1.82) is 0 Å². The van der Waals surface area contributed by atoms with Crippen molar-refractivity contribution >= 4 is 57.6 Å². The molecule has 0 spiro atoms. The number of carbonyl (C=O) groups excluding carboxylic acids is 1. The molecule has 0 atom stereocenters. The van der Waals surface area contributed by atoms with Crippen molar-refractivity contribution in [3.8, 4) is 11.3 Å². The summed E-state index contributed by atoms with van der Waals surface area (Å²) in [5.41, 5.74) is 1.07. The lowest BCUT2D eigenvalue weighted by atomic mass is 10.1. The molecule has 1 N–H and O–H groups in total. The molecule has 30 heavy (non-hydrogen) atoms. The molecule has 0 fully saturated rings. The minimum atomic E-state index is -0.907. The molecule has 3 rings (SSSR count). The molecular weight excluding hydrogens is 452 g/mol. The van der Waals surface area contributed by atoms with Crippen LogP contribution in [0.1, 0.15) is 12.5 Å². The van der Waals surface area contributed by atoms with Gasteiger partial charge in [0.25, 0.3) is 0 Å². The smallest absolute Gasteiger partial charge is 0.343 e. The van der Waals surface area contributed by atoms with Crippen molar-refractivity contribution in [3.63, 3.8) is 0 Å². The van der Waals surface area contributed by atoms with Crippen LogP contribution in [0.3, 0.4) is 0 Å². The number of benzene rings is 1. The van der Waals surface area contributed by atoms with Crippen LogP contribution in [0, 0.1) is 5.82 Å². The molecule has 3 aromatic rings. The summed E-state index contributed by atoms with van der Waals surface area (Å²) in [5.74, 6) is -2.43. The van der Waals surface area contributed by atoms with Crippen LogP contribution in [-0.2, 0) is 9.53 Å². The number of aliphatic hydroxyl groups excluding tert-OH is 1. The number of carbonyl (C=O) groups is 1. The van der Waals surface area contributed by atoms with Crippen LogP contribution in [0.25, 0.3) is 17.0 Å². The number of aliphatic imine (C=N–C) groups is 1. The van der Waals surface area contributed by atoms with Gasteiger partial charge >= 0.3 is 5.97 Å². The first-order valence-corrected chi connectivity index (χ1v) is 10.2. The molecule has 0 aliphatic heterocycles. The topological polar surface area (TPSA) is 84.7 Å². The molecule has 0 unspecified atom stereocenters. The van der Waals surface area contributed by atoms with Gasteiger partial charge in [-0.25, -0.2) is 24.1 Å². The zero-order chi connectivity index (χ0) is 21.7. The number of rotatable bonds is 6. The molecule has 0 saturated carbocycles. The van der Waals surface area contributed by atoms with E-state index in [1.807, 2.05) is 35.7 Å². The summed E-state index contributed by atoms with van der Waals surface area (Å²) in [6, 6.07) is 10.4. The summed E-state index contributed by atoms with van der Waals surface area (Å²) in [6.45, 7) is 1.66. The van der Waals surface area contributed by atoms with Gasteiger partial charge in [-0.3, -0.25) is 0 Å². The highest BCUT2D eigenvalue weighted by atomic mass is 35.5. The first-order valence-electron chi connectivity index (χ1n) is 8.58. The lowest BCUT2D eigenvalue weighted by molar-refractivity contribution is -0.137. The molecule has 0 aliphatic rings. The maximum absolute atomic E-state index is 13.8. The van der Waals surface area contributed by atoms with E-state index in [4.69, 9.17) is 27.9 Å². The van der Waals surface area contributed by atoms with E-state index in [2.05, 4.69) is 15.0 Å². The number of hydrogen-bond donors (Lipinski definition) is 1. The third-order valence-electron chi connectivity index (χ3n) is 3.76. The molecule has 0 bridgehead atoms. The van der Waals surface area contributed by atoms with Crippen molar-refractivity contribution in [2.24, 2.45) is 4.99 Å². The summed E-state index contributed by atoms with van der Waals surface area (Å²) in [5, 5.41) is 12.0. The summed E-state index contributed by atoms with van der Waals surface area (Å²) >= 11 is 12.8. The average Bonchev–Trinajstić information content (AvgIpc) is 3.20. The van der Waals surface area contributed by atoms with Crippen molar-refractivity contribution in [1.82, 2.24) is 9.97 Å². The van der Waals surface area contributed by atoms with Crippen LogP contribution in [0.2, 0.25) is 10.3 Å². The first kappa shape index (κ1) is 21.9. The van der Waals surface area contributed by atoms with Crippen molar-refractivity contribution in [2.45, 2.75) is 6.92 Å². The third kappa shape index (κ3) is 5.02. The fourth-order valence-corrected chi connectivity index (χ4v) is 3.44. The van der Waals surface area contributed by atoms with E-state index in [-0.39, 0.29) is 22.9 Å². The number of aliphatic hydroxyl groups is 1. The van der Waals surface area contributed by atoms with Gasteiger partial charge in [-0.1, -0.05) is 53.5 Å². The SMILES string of the molecule is CCOC(=O)C(/C=N/c1nc(-c2ccccc2)cs1)=C(\O)c1cc(F)c(Cl)nc1Cl. The Kier molecular flexibility index (Phi) is 7.15. The van der Waals surface area contributed by atoms with E-state index in [0.29, 0.717) is 10.8 Å². The Hall–Kier alpha value is -2.81. The Morgan fingerprint density at radius 2 is 2.00 bits per heavy atom. The maximum Gasteiger partial charge on any atom is 0.343 e. The van der Waals surface area contributed by atoms with Gasteiger partial charge in [-0.05, 0) is 13.0 Å². The molecule has 6 nitrogen and oxygen atoms in total. The number of thiazole rings is 1. The highest BCUT2D eigenvalue weighted by molar-refractivity contribution is 7.13. The number of hydrogen-bond acceptors (Lipinski definition) is 7. The van der Waals surface area contributed by atoms with Gasteiger partial charge in [-0.2, -0.15) is 0 Å². The van der Waals surface area contributed by atoms with Gasteiger partial charge in [0.05, 0.1) is 17.9 Å². The Labute approximate surface area is 185 Å². The average molecular weight is 466 g/mol. The van der Waals surface area contributed by atoms with Crippen LogP contribution in [-0.4, -0.2) is 33.9 Å². The second-order valence-corrected chi connectivity index (χ2v) is 7.27. The minimum absolute atomic E-state index is 0.0554. The van der Waals surface area contributed by atoms with Crippen LogP contribution >= 0.6 is 34.5 Å². The molecule has 0 aliphatic carbocycles. The summed E-state index contributed by atoms with van der Waals surface area (Å²) in [7, 11) is 0. The number of aromatic nitrogens is 2. The van der Waals surface area contributed by atoms with Crippen molar-refractivity contribution < 1.29 is 19.0 Å². The van der Waals surface area contributed by atoms with Gasteiger partial charge < -0.3 is 9.84 Å². The Balaban J connectivity index is 1.99. The number of ether oxygens (including phenoxy) is 1. The lowest BCUT2D eigenvalue weighted by Crippen LogP contribution is -2.11. The fourth-order valence-electron chi connectivity index (χ4n) is 2.36. The molecule has 0 amide bonds. The molecular formula is C20H14Cl2FN3O3S. The molecule has 1 aromatic carbocycles. The minimum Gasteiger partial charge on any atom is -0.506 e. The molecule has 2 heterocycles. The van der Waals surface area contributed by atoms with Crippen molar-refractivity contribution in [2.75, 3.05) is 6.61 Å². The van der Waals surface area contributed by atoms with E-state index < -0.39 is 22.7 Å². The van der Waals surface area contributed by atoms with Crippen LogP contribution in [0.5, 0.6) is 0 Å². The highest BCUT2D eigenvalue weighted by Crippen LogP contribution is 2.29. The normalized spacial score (nSPS) is 12.1. The standard InChI is InChI=1S/C20H14Cl2FN3O3S/c1-2-29-19(28)13(16(27)12-8-14(23)18(22)26-17(12)21)9-24-20-25-15(10-30-20)11-6-4-3-5-7-11/h3-10,27H,2H2,1H3/b16-13-,24-9+. The van der Waals surface area contributed by atoms with Gasteiger partial charge in [0.1, 0.15) is 16.5 Å². The summed E-state index contributed by atoms with van der Waals surface area (Å²) in [6.07, 6.45) is 1.09. The summed E-state index contributed by atoms with van der Waals surface area (Å²) < 4.78 is 18.8. The monoisotopic (exact) mass is 465 g/mol. The van der Waals surface area contributed by atoms with Gasteiger partial charge in [-0.15, -0.1) is 11.3 Å². The van der Waals surface area contributed by atoms with Crippen LogP contribution in [0.15, 0.2) is 52.3 Å². The second kappa shape index (κ2) is 9.80. The molecule has 154 valence electrons. The van der Waals surface area contributed by atoms with Gasteiger partial charge in [0, 0.05) is 17.2 Å². The number of halogens is 3. The first-order chi connectivity index (χ1) is 14.4. The third-order valence-corrected chi connectivity index (χ3v) is 5.06. The second-order valence-electron chi connectivity index (χ2n) is 5.72.